The van der Waals surface area contributed by atoms with Gasteiger partial charge in [0, 0.05) is 26.4 Å². The lowest BCUT2D eigenvalue weighted by Gasteiger charge is -2.11. The smallest absolute Gasteiger partial charge is 0.191 e. The first-order chi connectivity index (χ1) is 8.99. The van der Waals surface area contributed by atoms with E-state index in [1.54, 1.807) is 7.05 Å². The number of halogens is 1. The molecule has 0 amide bonds. The minimum atomic E-state index is -2.93. The van der Waals surface area contributed by atoms with Crippen molar-refractivity contribution >= 4 is 39.8 Å². The molecule has 122 valence electrons. The van der Waals surface area contributed by atoms with Gasteiger partial charge < -0.3 is 15.4 Å². The number of nitrogens with one attached hydrogen (secondary N) is 2. The van der Waals surface area contributed by atoms with E-state index in [1.807, 2.05) is 0 Å². The Morgan fingerprint density at radius 3 is 2.35 bits per heavy atom. The molecule has 0 aliphatic heterocycles. The maximum absolute atomic E-state index is 10.9. The fourth-order valence-corrected chi connectivity index (χ4v) is 1.78. The highest BCUT2D eigenvalue weighted by Crippen LogP contribution is 1.90. The van der Waals surface area contributed by atoms with Crippen LogP contribution >= 0.6 is 24.0 Å². The second kappa shape index (κ2) is 13.9. The van der Waals surface area contributed by atoms with Gasteiger partial charge in [0.15, 0.2) is 5.96 Å². The Bertz CT molecular complexity index is 348. The monoisotopic (exact) mass is 421 g/mol. The lowest BCUT2D eigenvalue weighted by Crippen LogP contribution is -2.39. The molecule has 0 aromatic rings. The minimum Gasteiger partial charge on any atom is -0.379 e. The molecule has 0 aromatic heterocycles. The highest BCUT2D eigenvalue weighted by Gasteiger charge is 2.01. The SMILES string of the molecule is CCCCCNC(=NC)NCCOCCS(C)(=O)=O.I. The average molecular weight is 421 g/mol. The third-order valence-corrected chi connectivity index (χ3v) is 3.34. The molecule has 0 radical (unpaired) electrons. The van der Waals surface area contributed by atoms with Crippen LogP contribution in [0.5, 0.6) is 0 Å². The van der Waals surface area contributed by atoms with Crippen molar-refractivity contribution in [2.75, 3.05) is 45.4 Å². The standard InChI is InChI=1S/C12H27N3O3S.HI/c1-4-5-6-7-14-12(13-2)15-8-9-18-10-11-19(3,16)17;/h4-11H2,1-3H3,(H2,13,14,15);1H. The minimum absolute atomic E-state index is 0. The van der Waals surface area contributed by atoms with Gasteiger partial charge in [-0.25, -0.2) is 8.42 Å². The summed E-state index contributed by atoms with van der Waals surface area (Å²) in [5.74, 6) is 0.819. The maximum atomic E-state index is 10.9. The summed E-state index contributed by atoms with van der Waals surface area (Å²) in [6, 6.07) is 0. The van der Waals surface area contributed by atoms with Crippen LogP contribution in [-0.2, 0) is 14.6 Å². The molecular formula is C12H28IN3O3S. The van der Waals surface area contributed by atoms with E-state index in [9.17, 15) is 8.42 Å². The van der Waals surface area contributed by atoms with Crippen LogP contribution in [0.4, 0.5) is 0 Å². The summed E-state index contributed by atoms with van der Waals surface area (Å²) in [6.07, 6.45) is 4.74. The Kier molecular flexibility index (Phi) is 15.4. The predicted molar refractivity (Wildman–Crippen MR) is 94.8 cm³/mol. The van der Waals surface area contributed by atoms with Crippen LogP contribution < -0.4 is 10.6 Å². The van der Waals surface area contributed by atoms with Crippen LogP contribution in [0.1, 0.15) is 26.2 Å². The molecular weight excluding hydrogens is 393 g/mol. The zero-order chi connectivity index (χ0) is 14.6. The van der Waals surface area contributed by atoms with Crippen LogP contribution in [0.25, 0.3) is 0 Å². The average Bonchev–Trinajstić information content (AvgIpc) is 2.34. The summed E-state index contributed by atoms with van der Waals surface area (Å²) < 4.78 is 27.0. The normalized spacial score (nSPS) is 11.8. The van der Waals surface area contributed by atoms with Gasteiger partial charge in [-0.05, 0) is 6.42 Å². The molecule has 8 heteroatoms. The molecule has 20 heavy (non-hydrogen) atoms. The number of nitrogens with zero attached hydrogens (tertiary/aromatic N) is 1. The quantitative estimate of drug-likeness (QED) is 0.238. The van der Waals surface area contributed by atoms with Gasteiger partial charge >= 0.3 is 0 Å². The second-order valence-electron chi connectivity index (χ2n) is 4.38. The number of unbranched alkanes of at least 4 members (excludes halogenated alkanes) is 2. The summed E-state index contributed by atoms with van der Waals surface area (Å²) in [5.41, 5.74) is 0. The van der Waals surface area contributed by atoms with Gasteiger partial charge in [-0.15, -0.1) is 24.0 Å². The zero-order valence-corrected chi connectivity index (χ0v) is 15.8. The van der Waals surface area contributed by atoms with E-state index in [0.29, 0.717) is 13.2 Å². The summed E-state index contributed by atoms with van der Waals surface area (Å²) in [6.45, 7) is 4.38. The van der Waals surface area contributed by atoms with Gasteiger partial charge in [0.25, 0.3) is 0 Å². The first-order valence-corrected chi connectivity index (χ1v) is 8.75. The van der Waals surface area contributed by atoms with E-state index in [0.717, 1.165) is 18.9 Å². The van der Waals surface area contributed by atoms with Crippen molar-refractivity contribution in [3.8, 4) is 0 Å². The fourth-order valence-electron chi connectivity index (χ4n) is 1.36. The molecule has 0 atom stereocenters. The molecule has 2 N–H and O–H groups in total. The zero-order valence-electron chi connectivity index (χ0n) is 12.6. The molecule has 0 saturated heterocycles. The topological polar surface area (TPSA) is 79.8 Å². The van der Waals surface area contributed by atoms with Crippen LogP contribution in [0.15, 0.2) is 4.99 Å². The van der Waals surface area contributed by atoms with Crippen molar-refractivity contribution in [1.82, 2.24) is 10.6 Å². The first-order valence-electron chi connectivity index (χ1n) is 6.69. The van der Waals surface area contributed by atoms with Gasteiger partial charge in [0.2, 0.25) is 0 Å². The van der Waals surface area contributed by atoms with Crippen LogP contribution in [0, 0.1) is 0 Å². The molecule has 0 rings (SSSR count). The lowest BCUT2D eigenvalue weighted by molar-refractivity contribution is 0.154. The van der Waals surface area contributed by atoms with Crippen molar-refractivity contribution in [3.63, 3.8) is 0 Å². The summed E-state index contributed by atoms with van der Waals surface area (Å²) in [7, 11) is -1.21. The number of hydrogen-bond donors (Lipinski definition) is 2. The predicted octanol–water partition coefficient (Wildman–Crippen LogP) is 1.02. The van der Waals surface area contributed by atoms with Gasteiger partial charge in [-0.3, -0.25) is 4.99 Å². The number of sulfone groups is 1. The molecule has 0 aromatic carbocycles. The highest BCUT2D eigenvalue weighted by atomic mass is 127. The second-order valence-corrected chi connectivity index (χ2v) is 6.63. The van der Waals surface area contributed by atoms with Crippen molar-refractivity contribution in [2.24, 2.45) is 4.99 Å². The van der Waals surface area contributed by atoms with E-state index < -0.39 is 9.84 Å². The van der Waals surface area contributed by atoms with E-state index in [4.69, 9.17) is 4.74 Å². The third kappa shape index (κ3) is 16.0. The Hall–Kier alpha value is -0.0900. The van der Waals surface area contributed by atoms with Gasteiger partial charge in [0.05, 0.1) is 19.0 Å². The van der Waals surface area contributed by atoms with Gasteiger partial charge in [-0.2, -0.15) is 0 Å². The molecule has 0 bridgehead atoms. The van der Waals surface area contributed by atoms with Crippen molar-refractivity contribution in [2.45, 2.75) is 26.2 Å². The molecule has 0 heterocycles. The van der Waals surface area contributed by atoms with Crippen LogP contribution in [0.3, 0.4) is 0 Å². The fraction of sp³-hybridized carbons (Fsp3) is 0.917. The molecule has 0 spiro atoms. The Morgan fingerprint density at radius 2 is 1.80 bits per heavy atom. The Labute approximate surface area is 140 Å². The molecule has 0 saturated carbocycles. The van der Waals surface area contributed by atoms with Gasteiger partial charge in [-0.1, -0.05) is 19.8 Å². The van der Waals surface area contributed by atoms with Crippen LogP contribution in [-0.4, -0.2) is 59.7 Å². The highest BCUT2D eigenvalue weighted by molar-refractivity contribution is 14.0. The number of hydrogen-bond acceptors (Lipinski definition) is 4. The van der Waals surface area contributed by atoms with Crippen molar-refractivity contribution < 1.29 is 13.2 Å². The third-order valence-electron chi connectivity index (χ3n) is 2.43. The van der Waals surface area contributed by atoms with E-state index >= 15 is 0 Å². The molecule has 0 aliphatic carbocycles. The first kappa shape index (κ1) is 22.2. The van der Waals surface area contributed by atoms with E-state index in [-0.39, 0.29) is 36.3 Å². The van der Waals surface area contributed by atoms with Gasteiger partial charge in [0.1, 0.15) is 9.84 Å². The number of guanidine groups is 1. The number of aliphatic imine (C=N–C) groups is 1. The molecule has 0 aliphatic rings. The van der Waals surface area contributed by atoms with Crippen molar-refractivity contribution in [1.29, 1.82) is 0 Å². The van der Waals surface area contributed by atoms with Crippen LogP contribution in [0.2, 0.25) is 0 Å². The summed E-state index contributed by atoms with van der Waals surface area (Å²) >= 11 is 0. The summed E-state index contributed by atoms with van der Waals surface area (Å²) in [5, 5.41) is 6.32. The molecule has 6 nitrogen and oxygen atoms in total. The van der Waals surface area contributed by atoms with E-state index in [1.165, 1.54) is 19.1 Å². The summed E-state index contributed by atoms with van der Waals surface area (Å²) in [4.78, 5) is 4.09. The number of ether oxygens (including phenoxy) is 1. The molecule has 0 fully saturated rings. The lowest BCUT2D eigenvalue weighted by atomic mass is 10.2. The Balaban J connectivity index is 0. The number of rotatable bonds is 10. The van der Waals surface area contributed by atoms with Crippen molar-refractivity contribution in [3.05, 3.63) is 0 Å². The maximum Gasteiger partial charge on any atom is 0.191 e. The Morgan fingerprint density at radius 1 is 1.15 bits per heavy atom. The largest absolute Gasteiger partial charge is 0.379 e. The molecule has 0 unspecified atom stereocenters. The van der Waals surface area contributed by atoms with E-state index in [2.05, 4.69) is 22.5 Å².